The quantitative estimate of drug-likeness (QED) is 0.656. The Labute approximate surface area is 120 Å². The highest BCUT2D eigenvalue weighted by Crippen LogP contribution is 2.41. The number of rotatable bonds is 5. The average molecular weight is 302 g/mol. The summed E-state index contributed by atoms with van der Waals surface area (Å²) in [4.78, 5) is 13.2. The Kier molecular flexibility index (Phi) is 4.59. The van der Waals surface area contributed by atoms with Crippen molar-refractivity contribution < 1.29 is 19.5 Å². The minimum atomic E-state index is -0.716. The van der Waals surface area contributed by atoms with E-state index in [1.165, 1.54) is 17.4 Å². The Hall–Kier alpha value is -1.22. The highest BCUT2D eigenvalue weighted by atomic mass is 32.1. The van der Waals surface area contributed by atoms with E-state index in [0.717, 1.165) is 0 Å². The number of anilines is 1. The predicted molar refractivity (Wildman–Crippen MR) is 75.4 cm³/mol. The average Bonchev–Trinajstić information content (AvgIpc) is 3.01. The smallest absolute Gasteiger partial charge is 0.304 e. The van der Waals surface area contributed by atoms with Gasteiger partial charge in [-0.15, -0.1) is 11.3 Å². The first kappa shape index (κ1) is 15.2. The number of aliphatic hydroxyl groups is 1. The van der Waals surface area contributed by atoms with Crippen LogP contribution in [0.4, 0.5) is 10.7 Å². The summed E-state index contributed by atoms with van der Waals surface area (Å²) in [6.45, 7) is 2.67. The van der Waals surface area contributed by atoms with Crippen molar-refractivity contribution in [2.24, 2.45) is 0 Å². The highest BCUT2D eigenvalue weighted by Gasteiger charge is 2.37. The summed E-state index contributed by atoms with van der Waals surface area (Å²) in [5.41, 5.74) is 0.0255. The zero-order valence-electron chi connectivity index (χ0n) is 11.6. The highest BCUT2D eigenvalue weighted by molar-refractivity contribution is 7.16. The maximum Gasteiger partial charge on any atom is 0.304 e. The fourth-order valence-corrected chi connectivity index (χ4v) is 3.40. The minimum Gasteiger partial charge on any atom is -0.388 e. The third kappa shape index (κ3) is 2.78. The Morgan fingerprint density at radius 3 is 2.40 bits per heavy atom. The first-order valence-electron chi connectivity index (χ1n) is 6.24. The first-order valence-corrected chi connectivity index (χ1v) is 7.06. The van der Waals surface area contributed by atoms with Gasteiger partial charge in [0, 0.05) is 38.3 Å². The van der Waals surface area contributed by atoms with E-state index in [4.69, 9.17) is 9.47 Å². The second-order valence-corrected chi connectivity index (χ2v) is 5.79. The van der Waals surface area contributed by atoms with Gasteiger partial charge < -0.3 is 19.5 Å². The predicted octanol–water partition coefficient (Wildman–Crippen LogP) is 1.56. The standard InChI is InChI=1S/C12H18N2O5S/c1-7(15)11-4-8(14(16)17)12(20-11)13-5-9(18-2)10(6-13)19-3/h4,7,9-10,15H,5-6H2,1-3H3/t7-,9?,10?/m1/s1. The van der Waals surface area contributed by atoms with Gasteiger partial charge >= 0.3 is 5.69 Å². The molecule has 0 bridgehead atoms. The van der Waals surface area contributed by atoms with Crippen molar-refractivity contribution in [3.8, 4) is 0 Å². The van der Waals surface area contributed by atoms with Crippen molar-refractivity contribution in [3.63, 3.8) is 0 Å². The molecule has 0 radical (unpaired) electrons. The second kappa shape index (κ2) is 6.04. The molecule has 3 atom stereocenters. The maximum atomic E-state index is 11.2. The summed E-state index contributed by atoms with van der Waals surface area (Å²) in [6, 6.07) is 1.44. The lowest BCUT2D eigenvalue weighted by Crippen LogP contribution is -2.27. The van der Waals surface area contributed by atoms with Crippen molar-refractivity contribution >= 4 is 22.0 Å². The Bertz CT molecular complexity index is 478. The van der Waals surface area contributed by atoms with E-state index < -0.39 is 11.0 Å². The minimum absolute atomic E-state index is 0.0255. The third-order valence-corrected chi connectivity index (χ3v) is 4.78. The van der Waals surface area contributed by atoms with Crippen molar-refractivity contribution in [1.82, 2.24) is 0 Å². The van der Waals surface area contributed by atoms with E-state index in [9.17, 15) is 15.2 Å². The monoisotopic (exact) mass is 302 g/mol. The van der Waals surface area contributed by atoms with Crippen molar-refractivity contribution in [2.75, 3.05) is 32.2 Å². The first-order chi connectivity index (χ1) is 9.47. The van der Waals surface area contributed by atoms with Crippen molar-refractivity contribution in [1.29, 1.82) is 0 Å². The van der Waals surface area contributed by atoms with E-state index in [0.29, 0.717) is 23.0 Å². The number of nitro groups is 1. The maximum absolute atomic E-state index is 11.2. The number of ether oxygens (including phenoxy) is 2. The molecule has 0 aliphatic carbocycles. The number of thiophene rings is 1. The van der Waals surface area contributed by atoms with Crippen LogP contribution in [0.3, 0.4) is 0 Å². The number of nitrogens with zero attached hydrogens (tertiary/aromatic N) is 2. The lowest BCUT2D eigenvalue weighted by molar-refractivity contribution is -0.383. The molecular formula is C12H18N2O5S. The summed E-state index contributed by atoms with van der Waals surface area (Å²) in [6.07, 6.45) is -0.945. The number of hydrogen-bond donors (Lipinski definition) is 1. The zero-order chi connectivity index (χ0) is 14.9. The third-order valence-electron chi connectivity index (χ3n) is 3.43. The fraction of sp³-hybridized carbons (Fsp3) is 0.667. The molecule has 112 valence electrons. The second-order valence-electron chi connectivity index (χ2n) is 4.73. The van der Waals surface area contributed by atoms with E-state index in [1.54, 1.807) is 21.1 Å². The molecule has 0 saturated carbocycles. The molecule has 1 saturated heterocycles. The van der Waals surface area contributed by atoms with Gasteiger partial charge in [0.15, 0.2) is 5.00 Å². The Morgan fingerprint density at radius 2 is 2.00 bits per heavy atom. The van der Waals surface area contributed by atoms with Gasteiger partial charge in [-0.2, -0.15) is 0 Å². The SMILES string of the molecule is COC1CN(c2sc([C@@H](C)O)cc2[N+](=O)[O-])CC1OC. The van der Waals surface area contributed by atoms with Crippen molar-refractivity contribution in [3.05, 3.63) is 21.1 Å². The van der Waals surface area contributed by atoms with Crippen LogP contribution in [0.25, 0.3) is 0 Å². The molecule has 8 heteroatoms. The van der Waals surface area contributed by atoms with Crippen LogP contribution in [0.15, 0.2) is 6.07 Å². The van der Waals surface area contributed by atoms with E-state index in [-0.39, 0.29) is 17.9 Å². The molecule has 1 aliphatic rings. The van der Waals surface area contributed by atoms with Crippen molar-refractivity contribution in [2.45, 2.75) is 25.2 Å². The zero-order valence-corrected chi connectivity index (χ0v) is 12.4. The van der Waals surface area contributed by atoms with Crippen LogP contribution in [0.5, 0.6) is 0 Å². The van der Waals surface area contributed by atoms with Gasteiger partial charge in [0.1, 0.15) is 12.2 Å². The molecule has 1 aromatic rings. The van der Waals surface area contributed by atoms with Crippen LogP contribution in [-0.4, -0.2) is 49.5 Å². The molecule has 0 aromatic carbocycles. The molecule has 2 unspecified atom stereocenters. The Balaban J connectivity index is 2.30. The molecule has 2 rings (SSSR count). The van der Waals surface area contributed by atoms with E-state index >= 15 is 0 Å². The van der Waals surface area contributed by atoms with Gasteiger partial charge in [-0.1, -0.05) is 0 Å². The van der Waals surface area contributed by atoms with Crippen LogP contribution in [-0.2, 0) is 9.47 Å². The van der Waals surface area contributed by atoms with Crippen LogP contribution in [0, 0.1) is 10.1 Å². The molecule has 1 fully saturated rings. The summed E-state index contributed by atoms with van der Waals surface area (Å²) in [5.74, 6) is 0. The molecule has 1 aliphatic heterocycles. The summed E-state index contributed by atoms with van der Waals surface area (Å²) in [5, 5.41) is 21.3. The normalized spacial score (nSPS) is 24.1. The van der Waals surface area contributed by atoms with Gasteiger partial charge in [-0.25, -0.2) is 0 Å². The lowest BCUT2D eigenvalue weighted by atomic mass is 10.3. The van der Waals surface area contributed by atoms with Gasteiger partial charge in [0.2, 0.25) is 0 Å². The number of aliphatic hydroxyl groups excluding tert-OH is 1. The lowest BCUT2D eigenvalue weighted by Gasteiger charge is -2.14. The van der Waals surface area contributed by atoms with E-state index in [2.05, 4.69) is 0 Å². The van der Waals surface area contributed by atoms with Gasteiger partial charge in [0.05, 0.1) is 11.0 Å². The van der Waals surface area contributed by atoms with Crippen LogP contribution in [0.1, 0.15) is 17.9 Å². The molecular weight excluding hydrogens is 284 g/mol. The number of methoxy groups -OCH3 is 2. The largest absolute Gasteiger partial charge is 0.388 e. The summed E-state index contributed by atoms with van der Waals surface area (Å²) >= 11 is 1.24. The molecule has 1 aromatic heterocycles. The van der Waals surface area contributed by atoms with Gasteiger partial charge in [0.25, 0.3) is 0 Å². The van der Waals surface area contributed by atoms with Gasteiger partial charge in [-0.3, -0.25) is 10.1 Å². The van der Waals surface area contributed by atoms with Crippen LogP contribution < -0.4 is 4.90 Å². The fourth-order valence-electron chi connectivity index (χ4n) is 2.32. The van der Waals surface area contributed by atoms with E-state index in [1.807, 2.05) is 4.90 Å². The van der Waals surface area contributed by atoms with Gasteiger partial charge in [-0.05, 0) is 6.92 Å². The summed E-state index contributed by atoms with van der Waals surface area (Å²) in [7, 11) is 3.20. The van der Waals surface area contributed by atoms with Crippen LogP contribution >= 0.6 is 11.3 Å². The topological polar surface area (TPSA) is 85.1 Å². The summed E-state index contributed by atoms with van der Waals surface area (Å²) < 4.78 is 10.7. The molecule has 7 nitrogen and oxygen atoms in total. The molecule has 0 spiro atoms. The molecule has 1 N–H and O–H groups in total. The van der Waals surface area contributed by atoms with Crippen LogP contribution in [0.2, 0.25) is 0 Å². The molecule has 2 heterocycles. The number of hydrogen-bond acceptors (Lipinski definition) is 7. The molecule has 0 amide bonds. The Morgan fingerprint density at radius 1 is 1.45 bits per heavy atom. The molecule has 20 heavy (non-hydrogen) atoms.